The van der Waals surface area contributed by atoms with Crippen molar-refractivity contribution in [2.45, 2.75) is 19.4 Å². The zero-order chi connectivity index (χ0) is 16.8. The molecule has 0 aliphatic rings. The number of hydrogen-bond donors (Lipinski definition) is 1. The molecule has 0 saturated heterocycles. The fourth-order valence-corrected chi connectivity index (χ4v) is 2.16. The Balaban J connectivity index is 3.00. The van der Waals surface area contributed by atoms with E-state index in [9.17, 15) is 31.4 Å². The van der Waals surface area contributed by atoms with Crippen molar-refractivity contribution in [3.63, 3.8) is 0 Å². The zero-order valence-electron chi connectivity index (χ0n) is 11.4. The quantitative estimate of drug-likeness (QED) is 0.493. The molecule has 0 spiro atoms. The average molecular weight is 320 g/mol. The van der Waals surface area contributed by atoms with Crippen molar-refractivity contribution < 1.29 is 31.4 Å². The van der Waals surface area contributed by atoms with Gasteiger partial charge in [0.25, 0.3) is 0 Å². The summed E-state index contributed by atoms with van der Waals surface area (Å²) >= 11 is 0. The van der Waals surface area contributed by atoms with Gasteiger partial charge in [-0.15, -0.1) is 0 Å². The summed E-state index contributed by atoms with van der Waals surface area (Å²) in [5.41, 5.74) is -5.07. The van der Waals surface area contributed by atoms with Gasteiger partial charge in [-0.3, -0.25) is 0 Å². The lowest BCUT2D eigenvalue weighted by atomic mass is 9.88. The predicted octanol–water partition coefficient (Wildman–Crippen LogP) is 4.42. The molecule has 0 aliphatic carbocycles. The fourth-order valence-electron chi connectivity index (χ4n) is 2.16. The van der Waals surface area contributed by atoms with Gasteiger partial charge in [0.05, 0.1) is 5.60 Å². The molecule has 22 heavy (non-hydrogen) atoms. The van der Waals surface area contributed by atoms with Crippen LogP contribution in [0.4, 0.5) is 26.3 Å². The zero-order valence-corrected chi connectivity index (χ0v) is 11.4. The topological polar surface area (TPSA) is 20.2 Å². The van der Waals surface area contributed by atoms with Crippen LogP contribution in [0.15, 0.2) is 18.2 Å². The van der Waals surface area contributed by atoms with E-state index in [0.29, 0.717) is 0 Å². The van der Waals surface area contributed by atoms with E-state index in [4.69, 9.17) is 0 Å². The van der Waals surface area contributed by atoms with Crippen molar-refractivity contribution in [1.82, 2.24) is 0 Å². The second kappa shape index (κ2) is 5.31. The van der Waals surface area contributed by atoms with Gasteiger partial charge in [-0.1, -0.05) is 12.1 Å². The van der Waals surface area contributed by atoms with Crippen LogP contribution in [0, 0.1) is 34.9 Å². The minimum atomic E-state index is -2.18. The maximum absolute atomic E-state index is 14.0. The Morgan fingerprint density at radius 3 is 1.86 bits per heavy atom. The summed E-state index contributed by atoms with van der Waals surface area (Å²) in [6.45, 7) is 1.95. The Kier molecular flexibility index (Phi) is 3.95. The van der Waals surface area contributed by atoms with Gasteiger partial charge in [0.15, 0.2) is 34.9 Å². The number of halogens is 6. The highest BCUT2D eigenvalue weighted by Crippen LogP contribution is 2.39. The third kappa shape index (κ3) is 2.45. The van der Waals surface area contributed by atoms with Crippen molar-refractivity contribution in [3.8, 4) is 11.1 Å². The number of aliphatic hydroxyl groups is 1. The lowest BCUT2D eigenvalue weighted by Gasteiger charge is -2.24. The highest BCUT2D eigenvalue weighted by atomic mass is 19.2. The number of benzene rings is 2. The molecule has 0 saturated carbocycles. The lowest BCUT2D eigenvalue weighted by Crippen LogP contribution is -2.22. The predicted molar refractivity (Wildman–Crippen MR) is 66.9 cm³/mol. The highest BCUT2D eigenvalue weighted by molar-refractivity contribution is 5.70. The van der Waals surface area contributed by atoms with Gasteiger partial charge in [-0.05, 0) is 19.9 Å². The van der Waals surface area contributed by atoms with E-state index < -0.39 is 57.2 Å². The summed E-state index contributed by atoms with van der Waals surface area (Å²) in [6.07, 6.45) is 0. The molecule has 0 radical (unpaired) electrons. The van der Waals surface area contributed by atoms with E-state index in [1.807, 2.05) is 0 Å². The lowest BCUT2D eigenvalue weighted by molar-refractivity contribution is 0.0735. The normalized spacial score (nSPS) is 11.9. The maximum Gasteiger partial charge on any atom is 0.198 e. The van der Waals surface area contributed by atoms with Crippen LogP contribution in [0.2, 0.25) is 0 Å². The van der Waals surface area contributed by atoms with Crippen LogP contribution in [-0.2, 0) is 5.60 Å². The Morgan fingerprint density at radius 1 is 0.773 bits per heavy atom. The Bertz CT molecular complexity index is 749. The molecule has 1 N–H and O–H groups in total. The van der Waals surface area contributed by atoms with Crippen molar-refractivity contribution in [2.75, 3.05) is 0 Å². The molecule has 0 heterocycles. The van der Waals surface area contributed by atoms with Crippen LogP contribution in [0.1, 0.15) is 19.4 Å². The highest BCUT2D eigenvalue weighted by Gasteiger charge is 2.34. The van der Waals surface area contributed by atoms with Gasteiger partial charge in [0.2, 0.25) is 0 Å². The molecule has 2 rings (SSSR count). The summed E-state index contributed by atoms with van der Waals surface area (Å²) in [6, 6.07) is 2.57. The molecule has 0 fully saturated rings. The summed E-state index contributed by atoms with van der Waals surface area (Å²) in [4.78, 5) is 0. The second-order valence-electron chi connectivity index (χ2n) is 5.17. The molecular weight excluding hydrogens is 310 g/mol. The molecule has 2 aromatic rings. The molecule has 0 aliphatic heterocycles. The third-order valence-electron chi connectivity index (χ3n) is 3.10. The van der Waals surface area contributed by atoms with Gasteiger partial charge in [-0.25, -0.2) is 26.3 Å². The van der Waals surface area contributed by atoms with Gasteiger partial charge in [-0.2, -0.15) is 0 Å². The smallest absolute Gasteiger partial charge is 0.198 e. The molecule has 0 amide bonds. The Hall–Kier alpha value is -2.02. The summed E-state index contributed by atoms with van der Waals surface area (Å²) in [5, 5.41) is 9.90. The Morgan fingerprint density at radius 2 is 1.32 bits per heavy atom. The summed E-state index contributed by atoms with van der Waals surface area (Å²) in [5.74, 6) is -11.1. The maximum atomic E-state index is 14.0. The Labute approximate surface area is 121 Å². The standard InChI is InChI=1S/C15H10F6O/c1-15(2,22)9-8(6-4-3-5-7(16)10(6)17)11(18)13(20)14(21)12(9)19/h3-5,22H,1-2H3. The van der Waals surface area contributed by atoms with E-state index in [2.05, 4.69) is 0 Å². The number of rotatable bonds is 2. The van der Waals surface area contributed by atoms with Crippen LogP contribution in [-0.4, -0.2) is 5.11 Å². The molecule has 1 nitrogen and oxygen atoms in total. The van der Waals surface area contributed by atoms with E-state index in [-0.39, 0.29) is 0 Å². The van der Waals surface area contributed by atoms with Gasteiger partial charge in [0, 0.05) is 16.7 Å². The first-order valence-electron chi connectivity index (χ1n) is 6.10. The van der Waals surface area contributed by atoms with Crippen molar-refractivity contribution in [2.24, 2.45) is 0 Å². The van der Waals surface area contributed by atoms with Crippen LogP contribution in [0.3, 0.4) is 0 Å². The average Bonchev–Trinajstić information content (AvgIpc) is 2.42. The first-order valence-corrected chi connectivity index (χ1v) is 6.10. The van der Waals surface area contributed by atoms with Crippen molar-refractivity contribution >= 4 is 0 Å². The molecular formula is C15H10F6O. The monoisotopic (exact) mass is 320 g/mol. The van der Waals surface area contributed by atoms with Gasteiger partial charge >= 0.3 is 0 Å². The second-order valence-corrected chi connectivity index (χ2v) is 5.17. The minimum Gasteiger partial charge on any atom is -0.386 e. The molecule has 0 aromatic heterocycles. The molecule has 118 valence electrons. The van der Waals surface area contributed by atoms with Crippen LogP contribution >= 0.6 is 0 Å². The van der Waals surface area contributed by atoms with E-state index >= 15 is 0 Å². The molecule has 0 atom stereocenters. The molecule has 0 bridgehead atoms. The van der Waals surface area contributed by atoms with E-state index in [0.717, 1.165) is 32.0 Å². The van der Waals surface area contributed by atoms with Gasteiger partial charge in [0.1, 0.15) is 0 Å². The van der Waals surface area contributed by atoms with E-state index in [1.165, 1.54) is 0 Å². The van der Waals surface area contributed by atoms with Gasteiger partial charge < -0.3 is 5.11 Å². The van der Waals surface area contributed by atoms with Crippen LogP contribution in [0.5, 0.6) is 0 Å². The van der Waals surface area contributed by atoms with Crippen molar-refractivity contribution in [3.05, 3.63) is 58.7 Å². The van der Waals surface area contributed by atoms with Crippen LogP contribution < -0.4 is 0 Å². The first-order chi connectivity index (χ1) is 10.1. The fraction of sp³-hybridized carbons (Fsp3) is 0.200. The minimum absolute atomic E-state index is 0.719. The third-order valence-corrected chi connectivity index (χ3v) is 3.10. The first kappa shape index (κ1) is 16.4. The largest absolute Gasteiger partial charge is 0.386 e. The molecule has 2 aromatic carbocycles. The SMILES string of the molecule is CC(C)(O)c1c(F)c(F)c(F)c(F)c1-c1cccc(F)c1F. The van der Waals surface area contributed by atoms with E-state index in [1.54, 1.807) is 0 Å². The van der Waals surface area contributed by atoms with Crippen molar-refractivity contribution in [1.29, 1.82) is 0 Å². The number of hydrogen-bond acceptors (Lipinski definition) is 1. The van der Waals surface area contributed by atoms with Crippen LogP contribution in [0.25, 0.3) is 11.1 Å². The summed E-state index contributed by atoms with van der Waals surface area (Å²) in [7, 11) is 0. The molecule has 0 unspecified atom stereocenters. The molecule has 7 heteroatoms. The summed E-state index contributed by atoms with van der Waals surface area (Å²) < 4.78 is 82.0.